The number of carbonyl (C=O) groups excluding carboxylic acids is 1. The number of aromatic nitrogens is 1. The molecule has 128 valence electrons. The Kier molecular flexibility index (Phi) is 4.57. The van der Waals surface area contributed by atoms with Gasteiger partial charge in [-0.3, -0.25) is 4.79 Å². The Labute approximate surface area is 145 Å². The highest BCUT2D eigenvalue weighted by Crippen LogP contribution is 2.19. The standard InChI is InChI=1S/C20H20N2O3/c1-12-7-13(2)9-14(8-12)19(23)22-18(20(24)25)10-15-11-21-17-6-4-3-5-16(15)17/h3-9,11,18,21H,10H2,1-2H3,(H,22,23)(H,24,25)/t18-/m1/s1. The lowest BCUT2D eigenvalue weighted by atomic mass is 10.0. The molecule has 2 aromatic carbocycles. The van der Waals surface area contributed by atoms with Gasteiger partial charge in [0.2, 0.25) is 0 Å². The first-order valence-corrected chi connectivity index (χ1v) is 8.11. The summed E-state index contributed by atoms with van der Waals surface area (Å²) in [5, 5.41) is 13.1. The highest BCUT2D eigenvalue weighted by Gasteiger charge is 2.22. The van der Waals surface area contributed by atoms with Gasteiger partial charge < -0.3 is 15.4 Å². The molecule has 0 unspecified atom stereocenters. The van der Waals surface area contributed by atoms with Crippen molar-refractivity contribution in [2.24, 2.45) is 0 Å². The zero-order chi connectivity index (χ0) is 18.0. The minimum atomic E-state index is -1.05. The maximum atomic E-state index is 12.5. The van der Waals surface area contributed by atoms with Crippen molar-refractivity contribution < 1.29 is 14.7 Å². The first-order chi connectivity index (χ1) is 11.9. The summed E-state index contributed by atoms with van der Waals surface area (Å²) in [4.78, 5) is 27.2. The molecule has 0 fully saturated rings. The summed E-state index contributed by atoms with van der Waals surface area (Å²) in [6.45, 7) is 3.81. The summed E-state index contributed by atoms with van der Waals surface area (Å²) in [5.74, 6) is -1.43. The van der Waals surface area contributed by atoms with Crippen LogP contribution in [0, 0.1) is 13.8 Å². The van der Waals surface area contributed by atoms with Gasteiger partial charge in [0.25, 0.3) is 5.91 Å². The Morgan fingerprint density at radius 2 is 1.80 bits per heavy atom. The van der Waals surface area contributed by atoms with Gasteiger partial charge in [0.05, 0.1) is 0 Å². The monoisotopic (exact) mass is 336 g/mol. The molecule has 1 aromatic heterocycles. The van der Waals surface area contributed by atoms with E-state index >= 15 is 0 Å². The number of aromatic amines is 1. The van der Waals surface area contributed by atoms with Crippen molar-refractivity contribution in [3.05, 3.63) is 70.9 Å². The minimum absolute atomic E-state index is 0.218. The van der Waals surface area contributed by atoms with Gasteiger partial charge in [-0.25, -0.2) is 4.79 Å². The van der Waals surface area contributed by atoms with E-state index in [-0.39, 0.29) is 12.3 Å². The molecule has 0 saturated carbocycles. The van der Waals surface area contributed by atoms with Crippen molar-refractivity contribution in [1.29, 1.82) is 0 Å². The lowest BCUT2D eigenvalue weighted by molar-refractivity contribution is -0.139. The zero-order valence-electron chi connectivity index (χ0n) is 14.2. The topological polar surface area (TPSA) is 82.2 Å². The van der Waals surface area contributed by atoms with Gasteiger partial charge in [0.1, 0.15) is 6.04 Å². The quantitative estimate of drug-likeness (QED) is 0.669. The Balaban J connectivity index is 1.82. The van der Waals surface area contributed by atoms with Crippen molar-refractivity contribution in [3.63, 3.8) is 0 Å². The number of nitrogens with one attached hydrogen (secondary N) is 2. The molecule has 25 heavy (non-hydrogen) atoms. The van der Waals surface area contributed by atoms with Gasteiger partial charge in [0, 0.05) is 29.1 Å². The predicted octanol–water partition coefficient (Wildman–Crippen LogP) is 3.21. The number of H-pyrrole nitrogens is 1. The number of para-hydroxylation sites is 1. The Morgan fingerprint density at radius 3 is 2.48 bits per heavy atom. The van der Waals surface area contributed by atoms with E-state index in [0.717, 1.165) is 27.6 Å². The number of hydrogen-bond acceptors (Lipinski definition) is 2. The number of aryl methyl sites for hydroxylation is 2. The lowest BCUT2D eigenvalue weighted by Gasteiger charge is -2.15. The fourth-order valence-corrected chi connectivity index (χ4v) is 3.07. The van der Waals surface area contributed by atoms with Crippen LogP contribution in [0.2, 0.25) is 0 Å². The van der Waals surface area contributed by atoms with E-state index in [9.17, 15) is 14.7 Å². The minimum Gasteiger partial charge on any atom is -0.480 e. The smallest absolute Gasteiger partial charge is 0.326 e. The van der Waals surface area contributed by atoms with Crippen LogP contribution in [0.25, 0.3) is 10.9 Å². The molecule has 0 aliphatic carbocycles. The molecule has 0 saturated heterocycles. The summed E-state index contributed by atoms with van der Waals surface area (Å²) in [6.07, 6.45) is 2.01. The normalized spacial score (nSPS) is 12.1. The molecule has 0 aliphatic heterocycles. The van der Waals surface area contributed by atoms with Gasteiger partial charge in [-0.15, -0.1) is 0 Å². The molecule has 1 atom stereocenters. The molecule has 1 heterocycles. The number of carbonyl (C=O) groups is 2. The molecule has 0 radical (unpaired) electrons. The summed E-state index contributed by atoms with van der Waals surface area (Å²) < 4.78 is 0. The number of benzene rings is 2. The van der Waals surface area contributed by atoms with Gasteiger partial charge in [-0.1, -0.05) is 35.4 Å². The van der Waals surface area contributed by atoms with E-state index in [4.69, 9.17) is 0 Å². The largest absolute Gasteiger partial charge is 0.480 e. The second-order valence-electron chi connectivity index (χ2n) is 6.30. The molecule has 0 bridgehead atoms. The summed E-state index contributed by atoms with van der Waals surface area (Å²) >= 11 is 0. The fraction of sp³-hybridized carbons (Fsp3) is 0.200. The number of aliphatic carboxylic acids is 1. The van der Waals surface area contributed by atoms with Crippen molar-refractivity contribution in [1.82, 2.24) is 10.3 Å². The van der Waals surface area contributed by atoms with Crippen LogP contribution >= 0.6 is 0 Å². The third-order valence-corrected chi connectivity index (χ3v) is 4.19. The predicted molar refractivity (Wildman–Crippen MR) is 96.8 cm³/mol. The lowest BCUT2D eigenvalue weighted by Crippen LogP contribution is -2.42. The van der Waals surface area contributed by atoms with Gasteiger partial charge in [-0.05, 0) is 37.6 Å². The number of rotatable bonds is 5. The number of fused-ring (bicyclic) bond motifs is 1. The zero-order valence-corrected chi connectivity index (χ0v) is 14.2. The first-order valence-electron chi connectivity index (χ1n) is 8.11. The van der Waals surface area contributed by atoms with Crippen molar-refractivity contribution in [2.75, 3.05) is 0 Å². The molecule has 3 N–H and O–H groups in total. The highest BCUT2D eigenvalue weighted by atomic mass is 16.4. The van der Waals surface area contributed by atoms with Crippen LogP contribution < -0.4 is 5.32 Å². The number of carboxylic acid groups (broad SMARTS) is 1. The molecule has 3 aromatic rings. The second-order valence-corrected chi connectivity index (χ2v) is 6.30. The van der Waals surface area contributed by atoms with E-state index in [1.54, 1.807) is 18.3 Å². The molecule has 3 rings (SSSR count). The average molecular weight is 336 g/mol. The van der Waals surface area contributed by atoms with E-state index in [1.165, 1.54) is 0 Å². The number of amides is 1. The van der Waals surface area contributed by atoms with Crippen LogP contribution in [-0.2, 0) is 11.2 Å². The Hall–Kier alpha value is -3.08. The van der Waals surface area contributed by atoms with Crippen molar-refractivity contribution >= 4 is 22.8 Å². The fourth-order valence-electron chi connectivity index (χ4n) is 3.07. The van der Waals surface area contributed by atoms with Crippen LogP contribution in [0.1, 0.15) is 27.0 Å². The van der Waals surface area contributed by atoms with Crippen LogP contribution in [0.15, 0.2) is 48.7 Å². The third kappa shape index (κ3) is 3.71. The Morgan fingerprint density at radius 1 is 1.12 bits per heavy atom. The van der Waals surface area contributed by atoms with E-state index in [1.807, 2.05) is 44.2 Å². The molecule has 1 amide bonds. The number of carboxylic acids is 1. The van der Waals surface area contributed by atoms with E-state index in [0.29, 0.717) is 5.56 Å². The van der Waals surface area contributed by atoms with Gasteiger partial charge >= 0.3 is 5.97 Å². The molecule has 5 heteroatoms. The Bertz CT molecular complexity index is 923. The first kappa shape index (κ1) is 16.8. The summed E-state index contributed by atoms with van der Waals surface area (Å²) in [7, 11) is 0. The van der Waals surface area contributed by atoms with Crippen LogP contribution in [0.3, 0.4) is 0 Å². The summed E-state index contributed by atoms with van der Waals surface area (Å²) in [5.41, 5.74) is 4.22. The second kappa shape index (κ2) is 6.81. The molecular formula is C20H20N2O3. The SMILES string of the molecule is Cc1cc(C)cc(C(=O)N[C@H](Cc2c[nH]c3ccccc23)C(=O)O)c1. The van der Waals surface area contributed by atoms with E-state index in [2.05, 4.69) is 10.3 Å². The van der Waals surface area contributed by atoms with E-state index < -0.39 is 12.0 Å². The van der Waals surface area contributed by atoms with Crippen LogP contribution in [0.4, 0.5) is 0 Å². The molecular weight excluding hydrogens is 316 g/mol. The summed E-state index contributed by atoms with van der Waals surface area (Å²) in [6, 6.07) is 12.2. The average Bonchev–Trinajstić information content (AvgIpc) is 2.96. The van der Waals surface area contributed by atoms with Crippen molar-refractivity contribution in [3.8, 4) is 0 Å². The molecule has 5 nitrogen and oxygen atoms in total. The maximum absolute atomic E-state index is 12.5. The van der Waals surface area contributed by atoms with Gasteiger partial charge in [0.15, 0.2) is 0 Å². The molecule has 0 aliphatic rings. The maximum Gasteiger partial charge on any atom is 0.326 e. The third-order valence-electron chi connectivity index (χ3n) is 4.19. The molecule has 0 spiro atoms. The van der Waals surface area contributed by atoms with Crippen LogP contribution in [0.5, 0.6) is 0 Å². The van der Waals surface area contributed by atoms with Crippen LogP contribution in [-0.4, -0.2) is 28.0 Å². The highest BCUT2D eigenvalue weighted by molar-refractivity contribution is 5.97. The van der Waals surface area contributed by atoms with Gasteiger partial charge in [-0.2, -0.15) is 0 Å². The number of hydrogen-bond donors (Lipinski definition) is 3. The van der Waals surface area contributed by atoms with Crippen molar-refractivity contribution in [2.45, 2.75) is 26.3 Å².